The van der Waals surface area contributed by atoms with Crippen LogP contribution in [0.5, 0.6) is 0 Å². The molecule has 0 aliphatic heterocycles. The van der Waals surface area contributed by atoms with Crippen LogP contribution in [0.3, 0.4) is 0 Å². The maximum absolute atomic E-state index is 12.9. The highest BCUT2D eigenvalue weighted by molar-refractivity contribution is 5.71. The molecule has 418 valence electrons. The summed E-state index contributed by atoms with van der Waals surface area (Å²) in [7, 11) is 0. The van der Waals surface area contributed by atoms with Crippen molar-refractivity contribution in [1.82, 2.24) is 0 Å². The van der Waals surface area contributed by atoms with Gasteiger partial charge in [-0.2, -0.15) is 0 Å². The molecule has 0 aromatic heterocycles. The molecule has 0 aromatic rings. The van der Waals surface area contributed by atoms with Crippen molar-refractivity contribution in [2.24, 2.45) is 0 Å². The van der Waals surface area contributed by atoms with E-state index in [4.69, 9.17) is 14.2 Å². The molecule has 0 bridgehead atoms. The molecule has 1 atom stereocenters. The molecular formula is C66H118O6. The first-order valence-corrected chi connectivity index (χ1v) is 31.3. The highest BCUT2D eigenvalue weighted by atomic mass is 16.6. The summed E-state index contributed by atoms with van der Waals surface area (Å²) >= 11 is 0. The fourth-order valence-electron chi connectivity index (χ4n) is 9.00. The summed E-state index contributed by atoms with van der Waals surface area (Å²) in [6.45, 7) is 6.61. The molecule has 0 radical (unpaired) electrons. The lowest BCUT2D eigenvalue weighted by atomic mass is 10.0. The maximum atomic E-state index is 12.9. The molecule has 0 spiro atoms. The predicted molar refractivity (Wildman–Crippen MR) is 312 cm³/mol. The number of rotatable bonds is 57. The highest BCUT2D eigenvalue weighted by Gasteiger charge is 2.19. The Morgan fingerprint density at radius 1 is 0.278 bits per heavy atom. The van der Waals surface area contributed by atoms with Crippen molar-refractivity contribution < 1.29 is 28.6 Å². The number of carbonyl (C=O) groups excluding carboxylic acids is 3. The van der Waals surface area contributed by atoms with Crippen molar-refractivity contribution >= 4 is 17.9 Å². The quantitative estimate of drug-likeness (QED) is 0.0261. The van der Waals surface area contributed by atoms with Crippen LogP contribution in [0.4, 0.5) is 0 Å². The third kappa shape index (κ3) is 58.0. The van der Waals surface area contributed by atoms with Gasteiger partial charge in [0.05, 0.1) is 0 Å². The zero-order valence-corrected chi connectivity index (χ0v) is 47.9. The van der Waals surface area contributed by atoms with Crippen LogP contribution in [-0.4, -0.2) is 37.2 Å². The van der Waals surface area contributed by atoms with Gasteiger partial charge in [-0.15, -0.1) is 0 Å². The standard InChI is InChI=1S/C66H118O6/c1-4-7-10-13-16-19-22-25-28-29-30-31-32-33-34-35-36-37-39-41-44-47-50-53-56-59-65(68)71-62-63(61-70-64(67)58-55-52-49-46-43-40-27-24-21-18-15-12-9-6-3)72-66(69)60-57-54-51-48-45-42-38-26-23-20-17-14-11-8-5-2/h15,18,22,24-25,27,29-30,32-33,63H,4-14,16-17,19-21,23,26,28,31,34-62H2,1-3H3/b18-15-,25-22-,27-24-,30-29-,33-32-. The normalized spacial score (nSPS) is 12.4. The van der Waals surface area contributed by atoms with E-state index in [9.17, 15) is 14.4 Å². The van der Waals surface area contributed by atoms with Crippen LogP contribution >= 0.6 is 0 Å². The van der Waals surface area contributed by atoms with Gasteiger partial charge in [0.1, 0.15) is 13.2 Å². The van der Waals surface area contributed by atoms with E-state index < -0.39 is 6.10 Å². The zero-order chi connectivity index (χ0) is 52.2. The number of ether oxygens (including phenoxy) is 3. The maximum Gasteiger partial charge on any atom is 0.306 e. The van der Waals surface area contributed by atoms with Gasteiger partial charge in [-0.1, -0.05) is 281 Å². The van der Waals surface area contributed by atoms with Gasteiger partial charge in [-0.25, -0.2) is 0 Å². The Labute approximate surface area is 447 Å². The van der Waals surface area contributed by atoms with E-state index >= 15 is 0 Å². The number of carbonyl (C=O) groups is 3. The number of hydrogen-bond donors (Lipinski definition) is 0. The molecule has 1 unspecified atom stereocenters. The fraction of sp³-hybridized carbons (Fsp3) is 0.803. The molecule has 0 rings (SSSR count). The predicted octanol–water partition coefficient (Wildman–Crippen LogP) is 21.2. The lowest BCUT2D eigenvalue weighted by molar-refractivity contribution is -0.167. The van der Waals surface area contributed by atoms with Crippen LogP contribution in [0, 0.1) is 0 Å². The SMILES string of the molecule is CCCC/C=C\C/C=C\CCCCCCCC(=O)OCC(COC(=O)CCCCCCCCCCCC/C=C\C/C=C\C/C=C\CCCCCCC)OC(=O)CCCCCCCCCCCCCCCCC. The van der Waals surface area contributed by atoms with E-state index in [0.29, 0.717) is 19.3 Å². The van der Waals surface area contributed by atoms with Gasteiger partial charge in [0.15, 0.2) is 6.10 Å². The Morgan fingerprint density at radius 2 is 0.514 bits per heavy atom. The molecule has 0 N–H and O–H groups in total. The molecule has 0 heterocycles. The second-order valence-electron chi connectivity index (χ2n) is 21.0. The summed E-state index contributed by atoms with van der Waals surface area (Å²) in [6, 6.07) is 0. The molecule has 0 aromatic carbocycles. The third-order valence-corrected chi connectivity index (χ3v) is 13.7. The van der Waals surface area contributed by atoms with Gasteiger partial charge in [0.2, 0.25) is 0 Å². The minimum Gasteiger partial charge on any atom is -0.462 e. The molecule has 6 nitrogen and oxygen atoms in total. The Morgan fingerprint density at radius 3 is 0.819 bits per heavy atom. The van der Waals surface area contributed by atoms with E-state index in [1.807, 2.05) is 0 Å². The van der Waals surface area contributed by atoms with Gasteiger partial charge in [0, 0.05) is 19.3 Å². The summed E-state index contributed by atoms with van der Waals surface area (Å²) in [6.07, 6.45) is 76.5. The lowest BCUT2D eigenvalue weighted by Crippen LogP contribution is -2.30. The zero-order valence-electron chi connectivity index (χ0n) is 47.9. The number of hydrogen-bond acceptors (Lipinski definition) is 6. The molecule has 0 fully saturated rings. The fourth-order valence-corrected chi connectivity index (χ4v) is 9.00. The summed E-state index contributed by atoms with van der Waals surface area (Å²) < 4.78 is 16.9. The van der Waals surface area contributed by atoms with Crippen molar-refractivity contribution in [2.75, 3.05) is 13.2 Å². The second-order valence-corrected chi connectivity index (χ2v) is 21.0. The van der Waals surface area contributed by atoms with Crippen molar-refractivity contribution in [3.8, 4) is 0 Å². The van der Waals surface area contributed by atoms with Gasteiger partial charge < -0.3 is 14.2 Å². The molecule has 0 aliphatic carbocycles. The van der Waals surface area contributed by atoms with Crippen molar-refractivity contribution in [3.05, 3.63) is 60.8 Å². The van der Waals surface area contributed by atoms with Crippen LogP contribution in [0.25, 0.3) is 0 Å². The van der Waals surface area contributed by atoms with Gasteiger partial charge >= 0.3 is 17.9 Å². The topological polar surface area (TPSA) is 78.9 Å². The van der Waals surface area contributed by atoms with Crippen LogP contribution in [0.2, 0.25) is 0 Å². The van der Waals surface area contributed by atoms with Crippen molar-refractivity contribution in [2.45, 2.75) is 329 Å². The molecule has 0 saturated heterocycles. The average molecular weight is 1010 g/mol. The van der Waals surface area contributed by atoms with Crippen molar-refractivity contribution in [3.63, 3.8) is 0 Å². The average Bonchev–Trinajstić information content (AvgIpc) is 3.38. The first kappa shape index (κ1) is 69.1. The van der Waals surface area contributed by atoms with E-state index in [0.717, 1.165) is 89.9 Å². The van der Waals surface area contributed by atoms with E-state index in [1.165, 1.54) is 193 Å². The summed E-state index contributed by atoms with van der Waals surface area (Å²) in [4.78, 5) is 38.2. The van der Waals surface area contributed by atoms with Crippen LogP contribution in [0.1, 0.15) is 323 Å². The Hall–Kier alpha value is -2.89. The summed E-state index contributed by atoms with van der Waals surface area (Å²) in [5.74, 6) is -0.880. The number of unbranched alkanes of at least 4 members (excludes halogenated alkanes) is 36. The first-order chi connectivity index (χ1) is 35.5. The lowest BCUT2D eigenvalue weighted by Gasteiger charge is -2.18. The monoisotopic (exact) mass is 1010 g/mol. The number of allylic oxidation sites excluding steroid dienone is 10. The Kier molecular flexibility index (Phi) is 58.2. The molecule has 72 heavy (non-hydrogen) atoms. The van der Waals surface area contributed by atoms with E-state index in [-0.39, 0.29) is 31.1 Å². The highest BCUT2D eigenvalue weighted by Crippen LogP contribution is 2.17. The smallest absolute Gasteiger partial charge is 0.306 e. The van der Waals surface area contributed by atoms with Crippen LogP contribution in [0.15, 0.2) is 60.8 Å². The molecular weight excluding hydrogens is 889 g/mol. The van der Waals surface area contributed by atoms with Crippen LogP contribution < -0.4 is 0 Å². The van der Waals surface area contributed by atoms with E-state index in [2.05, 4.69) is 81.5 Å². The van der Waals surface area contributed by atoms with E-state index in [1.54, 1.807) is 0 Å². The molecule has 0 aliphatic rings. The summed E-state index contributed by atoms with van der Waals surface area (Å²) in [5.41, 5.74) is 0. The molecule has 6 heteroatoms. The summed E-state index contributed by atoms with van der Waals surface area (Å²) in [5, 5.41) is 0. The van der Waals surface area contributed by atoms with Gasteiger partial charge in [0.25, 0.3) is 0 Å². The Bertz CT molecular complexity index is 1290. The number of esters is 3. The van der Waals surface area contributed by atoms with Crippen LogP contribution in [-0.2, 0) is 28.6 Å². The molecule has 0 saturated carbocycles. The minimum absolute atomic E-state index is 0.0780. The van der Waals surface area contributed by atoms with Gasteiger partial charge in [-0.05, 0) is 83.5 Å². The third-order valence-electron chi connectivity index (χ3n) is 13.7. The van der Waals surface area contributed by atoms with Gasteiger partial charge in [-0.3, -0.25) is 14.4 Å². The first-order valence-electron chi connectivity index (χ1n) is 31.3. The largest absolute Gasteiger partial charge is 0.462 e. The second kappa shape index (κ2) is 60.7. The Balaban J connectivity index is 4.30. The minimum atomic E-state index is -0.780. The molecule has 0 amide bonds. The van der Waals surface area contributed by atoms with Crippen molar-refractivity contribution in [1.29, 1.82) is 0 Å².